The molecule has 2 spiro atoms. The van der Waals surface area contributed by atoms with E-state index in [0.29, 0.717) is 23.0 Å². The lowest BCUT2D eigenvalue weighted by molar-refractivity contribution is -0.141. The Labute approximate surface area is 124 Å². The summed E-state index contributed by atoms with van der Waals surface area (Å²) in [6, 6.07) is 5.51. The molecule has 0 aromatic heterocycles. The number of carbonyl (C=O) groups is 2. The van der Waals surface area contributed by atoms with Gasteiger partial charge in [-0.25, -0.2) is 0 Å². The summed E-state index contributed by atoms with van der Waals surface area (Å²) in [5.41, 5.74) is 2.85. The first-order chi connectivity index (χ1) is 10.0. The van der Waals surface area contributed by atoms with Crippen molar-refractivity contribution < 1.29 is 14.3 Å². The molecule has 21 heavy (non-hydrogen) atoms. The number of carbonyl (C=O) groups excluding carboxylic acids is 2. The number of nitrogens with zero attached hydrogens (tertiary/aromatic N) is 1. The van der Waals surface area contributed by atoms with Gasteiger partial charge in [0.1, 0.15) is 14.4 Å². The van der Waals surface area contributed by atoms with E-state index in [4.69, 9.17) is 12.6 Å². The second-order valence-electron chi connectivity index (χ2n) is 6.58. The van der Waals surface area contributed by atoms with E-state index in [9.17, 15) is 9.59 Å². The van der Waals surface area contributed by atoms with Crippen LogP contribution in [0.25, 0.3) is 0 Å². The predicted molar refractivity (Wildman–Crippen MR) is 77.7 cm³/mol. The molecule has 1 atom stereocenters. The molecular formula is C16H16BNO3. The van der Waals surface area contributed by atoms with Crippen molar-refractivity contribution in [2.24, 2.45) is 5.41 Å². The fraction of sp³-hybridized carbons (Fsp3) is 0.500. The van der Waals surface area contributed by atoms with Gasteiger partial charge in [-0.15, -0.1) is 0 Å². The molecule has 1 heterocycles. The Morgan fingerprint density at radius 2 is 2.19 bits per heavy atom. The van der Waals surface area contributed by atoms with Crippen molar-refractivity contribution in [2.75, 3.05) is 20.2 Å². The number of hydrogen-bond acceptors (Lipinski definition) is 3. The van der Waals surface area contributed by atoms with Crippen LogP contribution >= 0.6 is 0 Å². The summed E-state index contributed by atoms with van der Waals surface area (Å²) in [6.07, 6.45) is 3.52. The van der Waals surface area contributed by atoms with Gasteiger partial charge in [0, 0.05) is 17.5 Å². The molecule has 0 bridgehead atoms. The predicted octanol–water partition coefficient (Wildman–Crippen LogP) is 0.531. The van der Waals surface area contributed by atoms with E-state index < -0.39 is 0 Å². The van der Waals surface area contributed by atoms with Gasteiger partial charge in [0.2, 0.25) is 0 Å². The second-order valence-corrected chi connectivity index (χ2v) is 6.58. The van der Waals surface area contributed by atoms with Gasteiger partial charge in [0.25, 0.3) is 5.91 Å². The first-order valence-corrected chi connectivity index (χ1v) is 7.27. The van der Waals surface area contributed by atoms with Crippen molar-refractivity contribution in [1.29, 1.82) is 0 Å². The fourth-order valence-electron chi connectivity index (χ4n) is 4.09. The van der Waals surface area contributed by atoms with Crippen LogP contribution in [-0.4, -0.2) is 44.8 Å². The van der Waals surface area contributed by atoms with E-state index in [1.807, 2.05) is 6.07 Å². The van der Waals surface area contributed by atoms with Crippen LogP contribution in [0.4, 0.5) is 0 Å². The zero-order chi connectivity index (χ0) is 14.8. The second kappa shape index (κ2) is 3.90. The normalized spacial score (nSPS) is 27.7. The Kier molecular flexibility index (Phi) is 2.40. The van der Waals surface area contributed by atoms with Crippen LogP contribution in [0, 0.1) is 5.41 Å². The average molecular weight is 281 g/mol. The van der Waals surface area contributed by atoms with Gasteiger partial charge in [-0.2, -0.15) is 0 Å². The van der Waals surface area contributed by atoms with Gasteiger partial charge in [-0.1, -0.05) is 17.6 Å². The quantitative estimate of drug-likeness (QED) is 0.587. The molecule has 106 valence electrons. The lowest BCUT2D eigenvalue weighted by Gasteiger charge is -2.35. The molecule has 1 aromatic rings. The van der Waals surface area contributed by atoms with Crippen molar-refractivity contribution in [3.8, 4) is 0 Å². The van der Waals surface area contributed by atoms with Gasteiger partial charge in [-0.05, 0) is 36.3 Å². The summed E-state index contributed by atoms with van der Waals surface area (Å²) in [4.78, 5) is 25.8. The molecule has 1 unspecified atom stereocenters. The van der Waals surface area contributed by atoms with Crippen LogP contribution in [0.3, 0.4) is 0 Å². The highest BCUT2D eigenvalue weighted by Gasteiger charge is 2.76. The van der Waals surface area contributed by atoms with Gasteiger partial charge in [-0.3, -0.25) is 9.59 Å². The van der Waals surface area contributed by atoms with Crippen LogP contribution < -0.4 is 5.46 Å². The smallest absolute Gasteiger partial charge is 0.325 e. The highest BCUT2D eigenvalue weighted by Crippen LogP contribution is 2.79. The molecule has 3 aliphatic rings. The molecule has 1 amide bonds. The maximum absolute atomic E-state index is 12.6. The minimum atomic E-state index is -0.372. The molecule has 0 saturated heterocycles. The van der Waals surface area contributed by atoms with Gasteiger partial charge < -0.3 is 9.64 Å². The van der Waals surface area contributed by atoms with Crippen LogP contribution in [0.15, 0.2) is 18.2 Å². The molecular weight excluding hydrogens is 265 g/mol. The zero-order valence-electron chi connectivity index (χ0n) is 12.0. The molecule has 2 fully saturated rings. The number of benzene rings is 1. The molecule has 4 rings (SSSR count). The highest BCUT2D eigenvalue weighted by atomic mass is 16.5. The van der Waals surface area contributed by atoms with Crippen LogP contribution in [0.5, 0.6) is 0 Å². The topological polar surface area (TPSA) is 46.6 Å². The summed E-state index contributed by atoms with van der Waals surface area (Å²) < 4.78 is 4.71. The number of rotatable bonds is 2. The number of ether oxygens (including phenoxy) is 1. The Morgan fingerprint density at radius 1 is 1.43 bits per heavy atom. The summed E-state index contributed by atoms with van der Waals surface area (Å²) in [7, 11) is 7.27. The summed E-state index contributed by atoms with van der Waals surface area (Å²) >= 11 is 0. The molecule has 4 nitrogen and oxygen atoms in total. The van der Waals surface area contributed by atoms with E-state index in [1.165, 1.54) is 20.0 Å². The molecule has 1 aromatic carbocycles. The summed E-state index contributed by atoms with van der Waals surface area (Å²) in [5, 5.41) is 0. The molecule has 2 aliphatic carbocycles. The number of fused-ring (bicyclic) bond motifs is 3. The molecule has 2 saturated carbocycles. The minimum absolute atomic E-state index is 0.0135. The Bertz CT molecular complexity index is 667. The van der Waals surface area contributed by atoms with Gasteiger partial charge in [0.05, 0.1) is 7.11 Å². The van der Waals surface area contributed by atoms with Crippen LogP contribution in [0.2, 0.25) is 0 Å². The first kappa shape index (κ1) is 12.9. The average Bonchev–Trinajstić information content (AvgIpc) is 3.36. The van der Waals surface area contributed by atoms with Gasteiger partial charge >= 0.3 is 5.97 Å². The Balaban J connectivity index is 1.77. The van der Waals surface area contributed by atoms with E-state index in [0.717, 1.165) is 12.0 Å². The largest absolute Gasteiger partial charge is 0.468 e. The van der Waals surface area contributed by atoms with Crippen molar-refractivity contribution >= 4 is 25.2 Å². The number of amides is 1. The summed E-state index contributed by atoms with van der Waals surface area (Å²) in [5.74, 6) is -0.466. The Morgan fingerprint density at radius 3 is 2.81 bits per heavy atom. The third-order valence-electron chi connectivity index (χ3n) is 5.47. The monoisotopic (exact) mass is 281 g/mol. The Hall–Kier alpha value is -1.78. The number of methoxy groups -OCH3 is 1. The minimum Gasteiger partial charge on any atom is -0.468 e. The molecule has 0 N–H and O–H groups in total. The van der Waals surface area contributed by atoms with Crippen LogP contribution in [-0.2, 0) is 14.9 Å². The van der Waals surface area contributed by atoms with E-state index in [2.05, 4.69) is 0 Å². The lowest BCUT2D eigenvalue weighted by Crippen LogP contribution is -2.47. The standard InChI is InChI=1S/C16H16BNO3/c1-21-13(19)7-18-9-16(8-15(16)4-5-15)12-6-10(17)2-3-11(12)14(18)20/h2-3,6H,4-5,7-9H2,1H3. The SMILES string of the molecule is [B]c1ccc2c(c1)C1(CN(CC(=O)OC)C2=O)CC12CC2. The van der Waals surface area contributed by atoms with Crippen molar-refractivity contribution in [2.45, 2.75) is 24.7 Å². The highest BCUT2D eigenvalue weighted by molar-refractivity contribution is 6.32. The maximum atomic E-state index is 12.6. The maximum Gasteiger partial charge on any atom is 0.325 e. The van der Waals surface area contributed by atoms with E-state index in [-0.39, 0.29) is 23.8 Å². The fourth-order valence-corrected chi connectivity index (χ4v) is 4.09. The molecule has 2 radical (unpaired) electrons. The third kappa shape index (κ3) is 1.63. The van der Waals surface area contributed by atoms with Crippen LogP contribution in [0.1, 0.15) is 35.2 Å². The zero-order valence-corrected chi connectivity index (χ0v) is 12.0. The van der Waals surface area contributed by atoms with Crippen molar-refractivity contribution in [3.63, 3.8) is 0 Å². The van der Waals surface area contributed by atoms with Gasteiger partial charge in [0.15, 0.2) is 0 Å². The first-order valence-electron chi connectivity index (χ1n) is 7.27. The molecule has 5 heteroatoms. The van der Waals surface area contributed by atoms with E-state index in [1.54, 1.807) is 17.0 Å². The lowest BCUT2D eigenvalue weighted by atomic mass is 9.80. The van der Waals surface area contributed by atoms with Crippen molar-refractivity contribution in [3.05, 3.63) is 29.3 Å². The van der Waals surface area contributed by atoms with E-state index >= 15 is 0 Å². The number of hydrogen-bond donors (Lipinski definition) is 0. The third-order valence-corrected chi connectivity index (χ3v) is 5.47. The molecule has 1 aliphatic heterocycles. The number of esters is 1. The summed E-state index contributed by atoms with van der Waals surface area (Å²) in [6.45, 7) is 0.633. The van der Waals surface area contributed by atoms with Crippen molar-refractivity contribution in [1.82, 2.24) is 4.90 Å².